The Kier molecular flexibility index (Phi) is 5.27. The molecule has 0 bridgehead atoms. The standard InChI is InChI=1S/C18H28N2O/c1-3-5-7-16(6-4-2)20-17(21)18(12-13-18)14-8-10-15(19)11-9-14/h8-11,16H,3-7,12-13,19H2,1-2H3,(H,20,21). The number of nitrogens with two attached hydrogens (primary N) is 1. The summed E-state index contributed by atoms with van der Waals surface area (Å²) in [6, 6.07) is 8.12. The zero-order chi connectivity index (χ0) is 15.3. The van der Waals surface area contributed by atoms with Gasteiger partial charge in [0.15, 0.2) is 0 Å². The van der Waals surface area contributed by atoms with Crippen LogP contribution in [0.1, 0.15) is 64.4 Å². The molecule has 116 valence electrons. The summed E-state index contributed by atoms with van der Waals surface area (Å²) in [6.07, 6.45) is 7.55. The van der Waals surface area contributed by atoms with Gasteiger partial charge in [0.1, 0.15) is 0 Å². The van der Waals surface area contributed by atoms with Gasteiger partial charge in [-0.3, -0.25) is 4.79 Å². The van der Waals surface area contributed by atoms with Crippen LogP contribution in [0.15, 0.2) is 24.3 Å². The molecule has 0 aliphatic heterocycles. The monoisotopic (exact) mass is 288 g/mol. The summed E-state index contributed by atoms with van der Waals surface area (Å²) in [6.45, 7) is 4.37. The number of carbonyl (C=O) groups is 1. The molecule has 0 saturated heterocycles. The minimum absolute atomic E-state index is 0.210. The van der Waals surface area contributed by atoms with E-state index in [0.717, 1.165) is 43.4 Å². The Balaban J connectivity index is 2.02. The topological polar surface area (TPSA) is 55.1 Å². The molecule has 0 radical (unpaired) electrons. The van der Waals surface area contributed by atoms with Crippen molar-refractivity contribution in [3.8, 4) is 0 Å². The molecule has 3 heteroatoms. The normalized spacial score (nSPS) is 17.2. The molecular formula is C18H28N2O. The number of carbonyl (C=O) groups excluding carboxylic acids is 1. The van der Waals surface area contributed by atoms with Crippen LogP contribution in [0, 0.1) is 0 Å². The summed E-state index contributed by atoms with van der Waals surface area (Å²) < 4.78 is 0. The first-order valence-corrected chi connectivity index (χ1v) is 8.29. The van der Waals surface area contributed by atoms with Crippen molar-refractivity contribution in [2.45, 2.75) is 70.3 Å². The van der Waals surface area contributed by atoms with Crippen LogP contribution in [0.2, 0.25) is 0 Å². The quantitative estimate of drug-likeness (QED) is 0.715. The van der Waals surface area contributed by atoms with Crippen LogP contribution in [0.3, 0.4) is 0 Å². The predicted octanol–water partition coefficient (Wildman–Crippen LogP) is 3.78. The van der Waals surface area contributed by atoms with Crippen molar-refractivity contribution in [1.29, 1.82) is 0 Å². The lowest BCUT2D eigenvalue weighted by atomic mass is 9.93. The number of nitrogens with one attached hydrogen (secondary N) is 1. The van der Waals surface area contributed by atoms with E-state index in [0.29, 0.717) is 6.04 Å². The highest BCUT2D eigenvalue weighted by atomic mass is 16.2. The van der Waals surface area contributed by atoms with Gasteiger partial charge in [0.25, 0.3) is 0 Å². The second kappa shape index (κ2) is 6.97. The van der Waals surface area contributed by atoms with Crippen LogP contribution in [0.4, 0.5) is 5.69 Å². The minimum atomic E-state index is -0.286. The molecule has 0 aromatic heterocycles. The molecule has 1 atom stereocenters. The Bertz CT molecular complexity index is 463. The molecule has 3 nitrogen and oxygen atoms in total. The number of anilines is 1. The maximum Gasteiger partial charge on any atom is 0.230 e. The highest BCUT2D eigenvalue weighted by molar-refractivity contribution is 5.91. The number of hydrogen-bond donors (Lipinski definition) is 2. The van der Waals surface area contributed by atoms with Gasteiger partial charge in [-0.25, -0.2) is 0 Å². The van der Waals surface area contributed by atoms with Crippen molar-refractivity contribution in [2.75, 3.05) is 5.73 Å². The molecule has 1 amide bonds. The first-order chi connectivity index (χ1) is 10.1. The van der Waals surface area contributed by atoms with Gasteiger partial charge >= 0.3 is 0 Å². The van der Waals surface area contributed by atoms with Crippen molar-refractivity contribution < 1.29 is 4.79 Å². The first-order valence-electron chi connectivity index (χ1n) is 8.29. The second-order valence-electron chi connectivity index (χ2n) is 6.31. The summed E-state index contributed by atoms with van der Waals surface area (Å²) in [7, 11) is 0. The fourth-order valence-electron chi connectivity index (χ4n) is 2.99. The molecule has 1 aromatic rings. The third-order valence-corrected chi connectivity index (χ3v) is 4.53. The van der Waals surface area contributed by atoms with E-state index in [2.05, 4.69) is 19.2 Å². The molecular weight excluding hydrogens is 260 g/mol. The maximum absolute atomic E-state index is 12.7. The lowest BCUT2D eigenvalue weighted by molar-refractivity contribution is -0.124. The van der Waals surface area contributed by atoms with Crippen LogP contribution in [0.5, 0.6) is 0 Å². The molecule has 1 fully saturated rings. The van der Waals surface area contributed by atoms with E-state index in [4.69, 9.17) is 5.73 Å². The van der Waals surface area contributed by atoms with Gasteiger partial charge in [-0.05, 0) is 43.4 Å². The van der Waals surface area contributed by atoms with E-state index in [-0.39, 0.29) is 11.3 Å². The predicted molar refractivity (Wildman–Crippen MR) is 88.1 cm³/mol. The Labute approximate surface area is 128 Å². The summed E-state index contributed by atoms with van der Waals surface area (Å²) in [5.41, 5.74) is 7.32. The molecule has 1 unspecified atom stereocenters. The van der Waals surface area contributed by atoms with Gasteiger partial charge in [-0.1, -0.05) is 45.2 Å². The van der Waals surface area contributed by atoms with Gasteiger partial charge in [0.05, 0.1) is 5.41 Å². The van der Waals surface area contributed by atoms with Crippen LogP contribution >= 0.6 is 0 Å². The van der Waals surface area contributed by atoms with Crippen molar-refractivity contribution >= 4 is 11.6 Å². The van der Waals surface area contributed by atoms with E-state index in [9.17, 15) is 4.79 Å². The van der Waals surface area contributed by atoms with E-state index in [1.807, 2.05) is 24.3 Å². The Morgan fingerprint density at radius 3 is 2.38 bits per heavy atom. The first kappa shape index (κ1) is 15.9. The summed E-state index contributed by atoms with van der Waals surface area (Å²) >= 11 is 0. The third-order valence-electron chi connectivity index (χ3n) is 4.53. The maximum atomic E-state index is 12.7. The molecule has 2 rings (SSSR count). The van der Waals surface area contributed by atoms with Crippen LogP contribution in [-0.4, -0.2) is 11.9 Å². The Morgan fingerprint density at radius 1 is 1.19 bits per heavy atom. The van der Waals surface area contributed by atoms with E-state index >= 15 is 0 Å². The molecule has 0 spiro atoms. The van der Waals surface area contributed by atoms with E-state index in [1.54, 1.807) is 0 Å². The molecule has 1 aliphatic rings. The highest BCUT2D eigenvalue weighted by Gasteiger charge is 2.51. The summed E-state index contributed by atoms with van der Waals surface area (Å²) in [5.74, 6) is 0.210. The number of nitrogen functional groups attached to an aromatic ring is 1. The van der Waals surface area contributed by atoms with E-state index in [1.165, 1.54) is 12.8 Å². The largest absolute Gasteiger partial charge is 0.399 e. The molecule has 1 saturated carbocycles. The Hall–Kier alpha value is -1.51. The van der Waals surface area contributed by atoms with Gasteiger partial charge in [0, 0.05) is 11.7 Å². The number of rotatable bonds is 8. The number of hydrogen-bond acceptors (Lipinski definition) is 2. The lowest BCUT2D eigenvalue weighted by Gasteiger charge is -2.22. The minimum Gasteiger partial charge on any atom is -0.399 e. The number of unbranched alkanes of at least 4 members (excludes halogenated alkanes) is 1. The van der Waals surface area contributed by atoms with Gasteiger partial charge in [-0.15, -0.1) is 0 Å². The fourth-order valence-corrected chi connectivity index (χ4v) is 2.99. The number of benzene rings is 1. The van der Waals surface area contributed by atoms with Crippen molar-refractivity contribution in [3.63, 3.8) is 0 Å². The van der Waals surface area contributed by atoms with Crippen LogP contribution in [0.25, 0.3) is 0 Å². The Morgan fingerprint density at radius 2 is 1.86 bits per heavy atom. The van der Waals surface area contributed by atoms with Crippen molar-refractivity contribution in [1.82, 2.24) is 5.32 Å². The van der Waals surface area contributed by atoms with Crippen LogP contribution < -0.4 is 11.1 Å². The van der Waals surface area contributed by atoms with Gasteiger partial charge < -0.3 is 11.1 Å². The smallest absolute Gasteiger partial charge is 0.230 e. The zero-order valence-corrected chi connectivity index (χ0v) is 13.3. The van der Waals surface area contributed by atoms with Gasteiger partial charge in [0.2, 0.25) is 5.91 Å². The van der Waals surface area contributed by atoms with Gasteiger partial charge in [-0.2, -0.15) is 0 Å². The molecule has 1 aliphatic carbocycles. The van der Waals surface area contributed by atoms with Crippen LogP contribution in [-0.2, 0) is 10.2 Å². The molecule has 21 heavy (non-hydrogen) atoms. The summed E-state index contributed by atoms with van der Waals surface area (Å²) in [5, 5.41) is 3.30. The zero-order valence-electron chi connectivity index (χ0n) is 13.3. The highest BCUT2D eigenvalue weighted by Crippen LogP contribution is 2.48. The fraction of sp³-hybridized carbons (Fsp3) is 0.611. The lowest BCUT2D eigenvalue weighted by Crippen LogP contribution is -2.41. The van der Waals surface area contributed by atoms with Crippen molar-refractivity contribution in [2.24, 2.45) is 0 Å². The molecule has 3 N–H and O–H groups in total. The average molecular weight is 288 g/mol. The number of amides is 1. The SMILES string of the molecule is CCCCC(CCC)NC(=O)C1(c2ccc(N)cc2)CC1. The second-order valence-corrected chi connectivity index (χ2v) is 6.31. The molecule has 0 heterocycles. The average Bonchev–Trinajstić information content (AvgIpc) is 3.27. The van der Waals surface area contributed by atoms with Crippen molar-refractivity contribution in [3.05, 3.63) is 29.8 Å². The third kappa shape index (κ3) is 3.78. The summed E-state index contributed by atoms with van der Waals surface area (Å²) in [4.78, 5) is 12.7. The van der Waals surface area contributed by atoms with E-state index < -0.39 is 0 Å². The molecule has 1 aromatic carbocycles.